The lowest BCUT2D eigenvalue weighted by atomic mass is 9.83. The van der Waals surface area contributed by atoms with Crippen molar-refractivity contribution in [3.05, 3.63) is 0 Å². The molecule has 0 saturated carbocycles. The monoisotopic (exact) mass is 267 g/mol. The Balaban J connectivity index is 2.12. The zero-order chi connectivity index (χ0) is 13.7. The minimum atomic E-state index is 0.297. The second-order valence-electron chi connectivity index (χ2n) is 6.72. The number of likely N-dealkylation sites (tertiary alicyclic amines) is 2. The lowest BCUT2D eigenvalue weighted by Gasteiger charge is -2.50. The van der Waals surface area contributed by atoms with Crippen LogP contribution in [0.2, 0.25) is 0 Å². The Labute approximate surface area is 119 Å². The Morgan fingerprint density at radius 3 is 2.68 bits per heavy atom. The van der Waals surface area contributed by atoms with Crippen molar-refractivity contribution in [2.75, 3.05) is 33.2 Å². The normalized spacial score (nSPS) is 35.2. The summed E-state index contributed by atoms with van der Waals surface area (Å²) in [5.74, 6) is 0. The maximum absolute atomic E-state index is 6.28. The zero-order valence-electron chi connectivity index (χ0n) is 13.0. The minimum absolute atomic E-state index is 0.297. The lowest BCUT2D eigenvalue weighted by molar-refractivity contribution is 0.00815. The van der Waals surface area contributed by atoms with Crippen LogP contribution in [0.15, 0.2) is 0 Å². The fourth-order valence-corrected chi connectivity index (χ4v) is 4.18. The van der Waals surface area contributed by atoms with Crippen LogP contribution < -0.4 is 5.73 Å². The molecule has 2 N–H and O–H groups in total. The van der Waals surface area contributed by atoms with Gasteiger partial charge >= 0.3 is 0 Å². The van der Waals surface area contributed by atoms with Gasteiger partial charge in [-0.25, -0.2) is 0 Å². The van der Waals surface area contributed by atoms with Gasteiger partial charge in [0.1, 0.15) is 0 Å². The van der Waals surface area contributed by atoms with E-state index in [1.54, 1.807) is 0 Å². The molecule has 0 spiro atoms. The van der Waals surface area contributed by atoms with E-state index in [-0.39, 0.29) is 0 Å². The Morgan fingerprint density at radius 1 is 1.11 bits per heavy atom. The molecule has 2 aliphatic rings. The summed E-state index contributed by atoms with van der Waals surface area (Å²) in [5.41, 5.74) is 6.58. The van der Waals surface area contributed by atoms with Crippen LogP contribution in [0.4, 0.5) is 0 Å². The number of nitrogens with zero attached hydrogens (tertiary/aromatic N) is 2. The maximum atomic E-state index is 6.28. The summed E-state index contributed by atoms with van der Waals surface area (Å²) in [4.78, 5) is 5.31. The molecule has 3 heteroatoms. The molecule has 3 nitrogen and oxygen atoms in total. The van der Waals surface area contributed by atoms with Gasteiger partial charge in [0.25, 0.3) is 0 Å². The highest BCUT2D eigenvalue weighted by Gasteiger charge is 2.40. The fourth-order valence-electron chi connectivity index (χ4n) is 4.18. The molecule has 0 aromatic rings. The van der Waals surface area contributed by atoms with Crippen molar-refractivity contribution in [2.45, 2.75) is 69.9 Å². The summed E-state index contributed by atoms with van der Waals surface area (Å²) in [6, 6.07) is 0.797. The Kier molecular flexibility index (Phi) is 5.67. The van der Waals surface area contributed by atoms with Crippen LogP contribution in [0.5, 0.6) is 0 Å². The lowest BCUT2D eigenvalue weighted by Crippen LogP contribution is -2.59. The second kappa shape index (κ2) is 7.05. The average Bonchev–Trinajstić information content (AvgIpc) is 2.63. The largest absolute Gasteiger partial charge is 0.329 e. The van der Waals surface area contributed by atoms with Crippen molar-refractivity contribution in [1.29, 1.82) is 0 Å². The van der Waals surface area contributed by atoms with Gasteiger partial charge in [0.2, 0.25) is 0 Å². The van der Waals surface area contributed by atoms with E-state index in [1.165, 1.54) is 71.0 Å². The molecule has 0 radical (unpaired) electrons. The average molecular weight is 267 g/mol. The van der Waals surface area contributed by atoms with E-state index >= 15 is 0 Å². The predicted octanol–water partition coefficient (Wildman–Crippen LogP) is 2.45. The molecule has 2 saturated heterocycles. The van der Waals surface area contributed by atoms with Crippen LogP contribution in [0.3, 0.4) is 0 Å². The van der Waals surface area contributed by atoms with Crippen LogP contribution in [0.25, 0.3) is 0 Å². The highest BCUT2D eigenvalue weighted by Crippen LogP contribution is 2.35. The summed E-state index contributed by atoms with van der Waals surface area (Å²) in [7, 11) is 2.26. The van der Waals surface area contributed by atoms with Crippen LogP contribution in [-0.4, -0.2) is 54.6 Å². The van der Waals surface area contributed by atoms with E-state index in [0.29, 0.717) is 5.54 Å². The summed E-state index contributed by atoms with van der Waals surface area (Å²) in [6.45, 7) is 6.91. The molecule has 0 aliphatic carbocycles. The molecule has 2 heterocycles. The molecular weight excluding hydrogens is 234 g/mol. The number of piperidine rings is 1. The SMILES string of the molecule is CCCC1CCCCN1C1(CN)CCCN(C)CC1. The van der Waals surface area contributed by atoms with Gasteiger partial charge in [-0.2, -0.15) is 0 Å². The standard InChI is InChI=1S/C16H33N3/c1-3-7-15-8-4-5-12-19(15)16(14-17)9-6-11-18(2)13-10-16/h15H,3-14,17H2,1-2H3. The first-order chi connectivity index (χ1) is 9.22. The molecule has 0 amide bonds. The summed E-state index contributed by atoms with van der Waals surface area (Å²) in [5, 5.41) is 0. The number of nitrogens with two attached hydrogens (primary N) is 1. The fraction of sp³-hybridized carbons (Fsp3) is 1.00. The van der Waals surface area contributed by atoms with Crippen molar-refractivity contribution < 1.29 is 0 Å². The van der Waals surface area contributed by atoms with Crippen LogP contribution in [0, 0.1) is 0 Å². The van der Waals surface area contributed by atoms with Crippen molar-refractivity contribution in [3.63, 3.8) is 0 Å². The van der Waals surface area contributed by atoms with Crippen LogP contribution in [-0.2, 0) is 0 Å². The second-order valence-corrected chi connectivity index (χ2v) is 6.72. The molecular formula is C16H33N3. The van der Waals surface area contributed by atoms with Gasteiger partial charge in [-0.3, -0.25) is 4.90 Å². The molecule has 19 heavy (non-hydrogen) atoms. The van der Waals surface area contributed by atoms with Gasteiger partial charge in [-0.15, -0.1) is 0 Å². The predicted molar refractivity (Wildman–Crippen MR) is 82.4 cm³/mol. The van der Waals surface area contributed by atoms with Crippen molar-refractivity contribution in [1.82, 2.24) is 9.80 Å². The molecule has 0 aromatic heterocycles. The quantitative estimate of drug-likeness (QED) is 0.849. The Hall–Kier alpha value is -0.120. The summed E-state index contributed by atoms with van der Waals surface area (Å²) >= 11 is 0. The summed E-state index contributed by atoms with van der Waals surface area (Å²) < 4.78 is 0. The first-order valence-corrected chi connectivity index (χ1v) is 8.37. The minimum Gasteiger partial charge on any atom is -0.329 e. The van der Waals surface area contributed by atoms with Crippen LogP contribution in [0.1, 0.15) is 58.3 Å². The number of hydrogen-bond donors (Lipinski definition) is 1. The van der Waals surface area contributed by atoms with E-state index < -0.39 is 0 Å². The third kappa shape index (κ3) is 3.50. The summed E-state index contributed by atoms with van der Waals surface area (Å²) in [6.07, 6.45) is 10.7. The smallest absolute Gasteiger partial charge is 0.0347 e. The Bertz CT molecular complexity index is 267. The van der Waals surface area contributed by atoms with Gasteiger partial charge < -0.3 is 10.6 Å². The highest BCUT2D eigenvalue weighted by molar-refractivity contribution is 4.98. The van der Waals surface area contributed by atoms with E-state index in [1.807, 2.05) is 0 Å². The topological polar surface area (TPSA) is 32.5 Å². The zero-order valence-corrected chi connectivity index (χ0v) is 13.0. The highest BCUT2D eigenvalue weighted by atomic mass is 15.3. The van der Waals surface area contributed by atoms with Crippen molar-refractivity contribution in [2.24, 2.45) is 5.73 Å². The van der Waals surface area contributed by atoms with Gasteiger partial charge in [0, 0.05) is 18.1 Å². The molecule has 2 atom stereocenters. The molecule has 2 fully saturated rings. The van der Waals surface area contributed by atoms with Gasteiger partial charge in [-0.1, -0.05) is 19.8 Å². The van der Waals surface area contributed by atoms with Gasteiger partial charge in [0.05, 0.1) is 0 Å². The van der Waals surface area contributed by atoms with E-state index in [0.717, 1.165) is 12.6 Å². The van der Waals surface area contributed by atoms with Gasteiger partial charge in [-0.05, 0) is 65.2 Å². The molecule has 0 aromatic carbocycles. The first-order valence-electron chi connectivity index (χ1n) is 8.37. The van der Waals surface area contributed by atoms with E-state index in [4.69, 9.17) is 5.73 Å². The van der Waals surface area contributed by atoms with Crippen LogP contribution >= 0.6 is 0 Å². The number of rotatable bonds is 4. The molecule has 112 valence electrons. The third-order valence-electron chi connectivity index (χ3n) is 5.38. The molecule has 2 aliphatic heterocycles. The molecule has 0 bridgehead atoms. The molecule has 2 unspecified atom stereocenters. The van der Waals surface area contributed by atoms with Crippen molar-refractivity contribution in [3.8, 4) is 0 Å². The maximum Gasteiger partial charge on any atom is 0.0347 e. The Morgan fingerprint density at radius 2 is 1.95 bits per heavy atom. The molecule has 2 rings (SSSR count). The first kappa shape index (κ1) is 15.3. The van der Waals surface area contributed by atoms with Crippen molar-refractivity contribution >= 4 is 0 Å². The van der Waals surface area contributed by atoms with E-state index in [2.05, 4.69) is 23.8 Å². The number of hydrogen-bond acceptors (Lipinski definition) is 3. The van der Waals surface area contributed by atoms with Gasteiger partial charge in [0.15, 0.2) is 0 Å². The third-order valence-corrected chi connectivity index (χ3v) is 5.38. The van der Waals surface area contributed by atoms with E-state index in [9.17, 15) is 0 Å².